The second kappa shape index (κ2) is 9.28. The van der Waals surface area contributed by atoms with Gasteiger partial charge in [0.05, 0.1) is 31.9 Å². The zero-order valence-corrected chi connectivity index (χ0v) is 17.3. The van der Waals surface area contributed by atoms with Crippen LogP contribution in [0.4, 0.5) is 0 Å². The third-order valence-corrected chi connectivity index (χ3v) is 4.87. The molecule has 0 saturated carbocycles. The van der Waals surface area contributed by atoms with E-state index >= 15 is 0 Å². The van der Waals surface area contributed by atoms with Crippen LogP contribution in [0.25, 0.3) is 11.5 Å². The molecule has 0 fully saturated rings. The number of amides is 1. The number of carbonyl (C=O) groups is 1. The van der Waals surface area contributed by atoms with Crippen LogP contribution in [-0.4, -0.2) is 43.6 Å². The molecule has 1 heterocycles. The number of ether oxygens (including phenoxy) is 2. The quantitative estimate of drug-likeness (QED) is 0.580. The zero-order valence-electron chi connectivity index (χ0n) is 17.3. The van der Waals surface area contributed by atoms with E-state index in [0.29, 0.717) is 29.6 Å². The predicted molar refractivity (Wildman–Crippen MR) is 111 cm³/mol. The van der Waals surface area contributed by atoms with Crippen LogP contribution in [0.5, 0.6) is 11.5 Å². The molecule has 0 bridgehead atoms. The molecule has 3 aromatic rings. The van der Waals surface area contributed by atoms with Gasteiger partial charge in [0.25, 0.3) is 0 Å². The Morgan fingerprint density at radius 2 is 1.79 bits per heavy atom. The second-order valence-corrected chi connectivity index (χ2v) is 6.81. The summed E-state index contributed by atoms with van der Waals surface area (Å²) in [6, 6.07) is 15.4. The van der Waals surface area contributed by atoms with Crippen LogP contribution in [0, 0.1) is 6.92 Å². The van der Waals surface area contributed by atoms with Gasteiger partial charge >= 0.3 is 0 Å². The van der Waals surface area contributed by atoms with Crippen molar-refractivity contribution in [2.75, 3.05) is 27.8 Å². The molecule has 0 unspecified atom stereocenters. The van der Waals surface area contributed by atoms with Crippen molar-refractivity contribution >= 4 is 5.91 Å². The van der Waals surface area contributed by atoms with Gasteiger partial charge in [-0.05, 0) is 43.2 Å². The first-order valence-corrected chi connectivity index (χ1v) is 9.48. The SMILES string of the molecule is COc1ccc(CCN(C)C(=O)Cc2nc(-c3ccccc3OC)oc2C)cc1. The maximum atomic E-state index is 12.7. The third kappa shape index (κ3) is 4.96. The Balaban J connectivity index is 1.63. The van der Waals surface area contributed by atoms with Gasteiger partial charge in [0.15, 0.2) is 0 Å². The molecular formula is C23H26N2O4. The number of aromatic nitrogens is 1. The minimum atomic E-state index is 0.00138. The van der Waals surface area contributed by atoms with Crippen molar-refractivity contribution < 1.29 is 18.7 Å². The molecule has 6 heteroatoms. The largest absolute Gasteiger partial charge is 0.497 e. The molecule has 152 valence electrons. The lowest BCUT2D eigenvalue weighted by Gasteiger charge is -2.16. The number of hydrogen-bond acceptors (Lipinski definition) is 5. The average Bonchev–Trinajstić information content (AvgIpc) is 3.12. The summed E-state index contributed by atoms with van der Waals surface area (Å²) in [6.45, 7) is 2.45. The van der Waals surface area contributed by atoms with Crippen molar-refractivity contribution in [3.05, 3.63) is 65.5 Å². The van der Waals surface area contributed by atoms with Crippen LogP contribution in [0.2, 0.25) is 0 Å². The van der Waals surface area contributed by atoms with E-state index in [1.54, 1.807) is 19.1 Å². The molecule has 2 aromatic carbocycles. The van der Waals surface area contributed by atoms with Crippen molar-refractivity contribution in [3.8, 4) is 23.0 Å². The van der Waals surface area contributed by atoms with Gasteiger partial charge in [-0.15, -0.1) is 0 Å². The number of hydrogen-bond donors (Lipinski definition) is 0. The maximum Gasteiger partial charge on any atom is 0.230 e. The molecule has 0 atom stereocenters. The molecule has 1 aromatic heterocycles. The number of benzene rings is 2. The minimum absolute atomic E-state index is 0.00138. The highest BCUT2D eigenvalue weighted by atomic mass is 16.5. The number of nitrogens with zero attached hydrogens (tertiary/aromatic N) is 2. The fraction of sp³-hybridized carbons (Fsp3) is 0.304. The van der Waals surface area contributed by atoms with Crippen molar-refractivity contribution in [1.82, 2.24) is 9.88 Å². The highest BCUT2D eigenvalue weighted by Gasteiger charge is 2.18. The van der Waals surface area contributed by atoms with E-state index in [4.69, 9.17) is 13.9 Å². The summed E-state index contributed by atoms with van der Waals surface area (Å²) in [5.74, 6) is 2.61. The smallest absolute Gasteiger partial charge is 0.230 e. The van der Waals surface area contributed by atoms with Crippen LogP contribution in [0.15, 0.2) is 52.9 Å². The summed E-state index contributed by atoms with van der Waals surface area (Å²) in [5.41, 5.74) is 2.57. The lowest BCUT2D eigenvalue weighted by atomic mass is 10.1. The average molecular weight is 394 g/mol. The highest BCUT2D eigenvalue weighted by molar-refractivity contribution is 5.78. The Kier molecular flexibility index (Phi) is 6.54. The van der Waals surface area contributed by atoms with Gasteiger partial charge in [0, 0.05) is 13.6 Å². The molecule has 1 amide bonds. The van der Waals surface area contributed by atoms with Gasteiger partial charge < -0.3 is 18.8 Å². The van der Waals surface area contributed by atoms with Crippen LogP contribution >= 0.6 is 0 Å². The van der Waals surface area contributed by atoms with E-state index < -0.39 is 0 Å². The number of oxazole rings is 1. The number of carbonyl (C=O) groups excluding carboxylic acids is 1. The molecule has 0 N–H and O–H groups in total. The highest BCUT2D eigenvalue weighted by Crippen LogP contribution is 2.30. The van der Waals surface area contributed by atoms with Gasteiger partial charge in [-0.3, -0.25) is 4.79 Å². The first-order chi connectivity index (χ1) is 14.0. The molecule has 0 spiro atoms. The monoisotopic (exact) mass is 394 g/mol. The van der Waals surface area contributed by atoms with Gasteiger partial charge in [-0.2, -0.15) is 0 Å². The molecule has 0 aliphatic heterocycles. The van der Waals surface area contributed by atoms with Gasteiger partial charge in [0.2, 0.25) is 11.8 Å². The Morgan fingerprint density at radius 1 is 1.07 bits per heavy atom. The van der Waals surface area contributed by atoms with Crippen LogP contribution in [-0.2, 0) is 17.6 Å². The standard InChI is InChI=1S/C23H26N2O4/c1-16-20(24-23(29-16)19-7-5-6-8-21(19)28-4)15-22(26)25(2)14-13-17-9-11-18(27-3)12-10-17/h5-12H,13-15H2,1-4H3. The number of aryl methyl sites for hydroxylation is 1. The summed E-state index contributed by atoms with van der Waals surface area (Å²) < 4.78 is 16.3. The molecular weight excluding hydrogens is 368 g/mol. The number of likely N-dealkylation sites (N-methyl/N-ethyl adjacent to an activating group) is 1. The van der Waals surface area contributed by atoms with Crippen LogP contribution in [0.1, 0.15) is 17.0 Å². The van der Waals surface area contributed by atoms with E-state index in [9.17, 15) is 4.79 Å². The Hall–Kier alpha value is -3.28. The van der Waals surface area contributed by atoms with Gasteiger partial charge in [0.1, 0.15) is 17.3 Å². The van der Waals surface area contributed by atoms with Gasteiger partial charge in [-0.1, -0.05) is 24.3 Å². The van der Waals surface area contributed by atoms with Crippen molar-refractivity contribution in [2.45, 2.75) is 19.8 Å². The number of rotatable bonds is 8. The summed E-state index contributed by atoms with van der Waals surface area (Å²) in [5, 5.41) is 0. The summed E-state index contributed by atoms with van der Waals surface area (Å²) in [4.78, 5) is 18.9. The summed E-state index contributed by atoms with van der Waals surface area (Å²) in [6.07, 6.45) is 0.972. The molecule has 29 heavy (non-hydrogen) atoms. The van der Waals surface area contributed by atoms with Crippen molar-refractivity contribution in [2.24, 2.45) is 0 Å². The fourth-order valence-corrected chi connectivity index (χ4v) is 3.02. The Bertz CT molecular complexity index is 963. The third-order valence-electron chi connectivity index (χ3n) is 4.87. The lowest BCUT2D eigenvalue weighted by Crippen LogP contribution is -2.30. The van der Waals surface area contributed by atoms with E-state index in [-0.39, 0.29) is 12.3 Å². The first kappa shape index (κ1) is 20.5. The zero-order chi connectivity index (χ0) is 20.8. The number of para-hydroxylation sites is 1. The van der Waals surface area contributed by atoms with Crippen LogP contribution < -0.4 is 9.47 Å². The van der Waals surface area contributed by atoms with E-state index in [0.717, 1.165) is 23.3 Å². The van der Waals surface area contributed by atoms with E-state index in [2.05, 4.69) is 4.98 Å². The summed E-state index contributed by atoms with van der Waals surface area (Å²) in [7, 11) is 5.06. The van der Waals surface area contributed by atoms with E-state index in [1.807, 2.05) is 62.5 Å². The predicted octanol–water partition coefficient (Wildman–Crippen LogP) is 3.91. The molecule has 0 radical (unpaired) electrons. The maximum absolute atomic E-state index is 12.7. The molecule has 6 nitrogen and oxygen atoms in total. The summed E-state index contributed by atoms with van der Waals surface area (Å²) >= 11 is 0. The normalized spacial score (nSPS) is 10.6. The molecule has 0 aliphatic rings. The molecule has 0 saturated heterocycles. The Morgan fingerprint density at radius 3 is 2.48 bits per heavy atom. The molecule has 3 rings (SSSR count). The van der Waals surface area contributed by atoms with Crippen molar-refractivity contribution in [1.29, 1.82) is 0 Å². The fourth-order valence-electron chi connectivity index (χ4n) is 3.02. The van der Waals surface area contributed by atoms with Crippen molar-refractivity contribution in [3.63, 3.8) is 0 Å². The first-order valence-electron chi connectivity index (χ1n) is 9.48. The molecule has 0 aliphatic carbocycles. The minimum Gasteiger partial charge on any atom is -0.497 e. The van der Waals surface area contributed by atoms with Crippen LogP contribution in [0.3, 0.4) is 0 Å². The number of methoxy groups -OCH3 is 2. The van der Waals surface area contributed by atoms with E-state index in [1.165, 1.54) is 0 Å². The second-order valence-electron chi connectivity index (χ2n) is 6.81. The van der Waals surface area contributed by atoms with Gasteiger partial charge in [-0.25, -0.2) is 4.98 Å². The topological polar surface area (TPSA) is 64.8 Å². The lowest BCUT2D eigenvalue weighted by molar-refractivity contribution is -0.129. The Labute approximate surface area is 171 Å².